The number of nitrogen functional groups attached to an aromatic ring is 1. The molecule has 3 heterocycles. The largest absolute Gasteiger partial charge is 0.368 e. The van der Waals surface area contributed by atoms with Crippen molar-refractivity contribution in [3.8, 4) is 22.6 Å². The highest BCUT2D eigenvalue weighted by molar-refractivity contribution is 5.64. The SMILES string of the molecule is Cc1cc(-c2cnc(N)nc2)ccc1C1(c2noc(-c3cnn(C)c3)n2)CCC1. The van der Waals surface area contributed by atoms with E-state index in [1.54, 1.807) is 23.3 Å². The third-order valence-corrected chi connectivity index (χ3v) is 5.76. The van der Waals surface area contributed by atoms with Crippen LogP contribution in [0.3, 0.4) is 0 Å². The van der Waals surface area contributed by atoms with Gasteiger partial charge in [-0.15, -0.1) is 0 Å². The molecule has 1 aliphatic carbocycles. The van der Waals surface area contributed by atoms with Crippen molar-refractivity contribution in [2.45, 2.75) is 31.6 Å². The van der Waals surface area contributed by atoms with Crippen LogP contribution in [0.1, 0.15) is 36.2 Å². The van der Waals surface area contributed by atoms with Gasteiger partial charge in [0.2, 0.25) is 5.95 Å². The summed E-state index contributed by atoms with van der Waals surface area (Å²) < 4.78 is 7.29. The molecule has 0 unspecified atom stereocenters. The summed E-state index contributed by atoms with van der Waals surface area (Å²) in [5, 5.41) is 8.53. The molecule has 0 radical (unpaired) electrons. The zero-order chi connectivity index (χ0) is 20.0. The molecule has 8 heteroatoms. The number of anilines is 1. The van der Waals surface area contributed by atoms with E-state index in [2.05, 4.69) is 45.3 Å². The Morgan fingerprint density at radius 3 is 2.48 bits per heavy atom. The van der Waals surface area contributed by atoms with Crippen molar-refractivity contribution in [2.24, 2.45) is 7.05 Å². The van der Waals surface area contributed by atoms with Crippen molar-refractivity contribution < 1.29 is 4.52 Å². The molecule has 0 bridgehead atoms. The van der Waals surface area contributed by atoms with Crippen LogP contribution in [0.25, 0.3) is 22.6 Å². The maximum Gasteiger partial charge on any atom is 0.261 e. The number of aryl methyl sites for hydroxylation is 2. The van der Waals surface area contributed by atoms with Gasteiger partial charge < -0.3 is 10.3 Å². The smallest absolute Gasteiger partial charge is 0.261 e. The summed E-state index contributed by atoms with van der Waals surface area (Å²) in [5.74, 6) is 1.53. The van der Waals surface area contributed by atoms with E-state index in [9.17, 15) is 0 Å². The lowest BCUT2D eigenvalue weighted by molar-refractivity contribution is 0.272. The molecule has 0 saturated heterocycles. The monoisotopic (exact) mass is 387 g/mol. The van der Waals surface area contributed by atoms with Crippen LogP contribution in [-0.2, 0) is 12.5 Å². The molecule has 0 spiro atoms. The van der Waals surface area contributed by atoms with Gasteiger partial charge in [-0.25, -0.2) is 9.97 Å². The number of benzene rings is 1. The van der Waals surface area contributed by atoms with Crippen molar-refractivity contribution >= 4 is 5.95 Å². The quantitative estimate of drug-likeness (QED) is 0.572. The first-order valence-corrected chi connectivity index (χ1v) is 9.57. The van der Waals surface area contributed by atoms with E-state index in [1.165, 1.54) is 11.1 Å². The standard InChI is InChI=1S/C21H21N7O/c1-13-8-14(15-9-23-20(22)24-10-15)4-5-17(13)21(6-3-7-21)19-26-18(29-27-19)16-11-25-28(2)12-16/h4-5,8-12H,3,6-7H2,1-2H3,(H2,22,23,24). The van der Waals surface area contributed by atoms with E-state index < -0.39 is 0 Å². The van der Waals surface area contributed by atoms with Gasteiger partial charge in [-0.05, 0) is 36.5 Å². The van der Waals surface area contributed by atoms with Crippen molar-refractivity contribution in [3.05, 3.63) is 59.9 Å². The first-order chi connectivity index (χ1) is 14.0. The normalized spacial score (nSPS) is 15.2. The van der Waals surface area contributed by atoms with E-state index in [0.29, 0.717) is 5.89 Å². The molecule has 1 aliphatic rings. The zero-order valence-corrected chi connectivity index (χ0v) is 16.3. The second kappa shape index (κ2) is 6.51. The van der Waals surface area contributed by atoms with Gasteiger partial charge in [-0.3, -0.25) is 4.68 Å². The van der Waals surface area contributed by atoms with E-state index in [4.69, 9.17) is 15.2 Å². The van der Waals surface area contributed by atoms with Crippen LogP contribution in [0.4, 0.5) is 5.95 Å². The predicted octanol–water partition coefficient (Wildman–Crippen LogP) is 3.29. The van der Waals surface area contributed by atoms with Crippen LogP contribution in [0.2, 0.25) is 0 Å². The van der Waals surface area contributed by atoms with Crippen LogP contribution in [0.5, 0.6) is 0 Å². The fraction of sp³-hybridized carbons (Fsp3) is 0.286. The molecule has 3 aromatic heterocycles. The Bertz CT molecular complexity index is 1170. The lowest BCUT2D eigenvalue weighted by atomic mass is 9.62. The summed E-state index contributed by atoms with van der Waals surface area (Å²) in [6, 6.07) is 6.42. The van der Waals surface area contributed by atoms with Gasteiger partial charge in [-0.1, -0.05) is 29.8 Å². The molecule has 0 amide bonds. The van der Waals surface area contributed by atoms with Crippen molar-refractivity contribution in [2.75, 3.05) is 5.73 Å². The first-order valence-electron chi connectivity index (χ1n) is 9.57. The van der Waals surface area contributed by atoms with Crippen LogP contribution in [-0.4, -0.2) is 29.9 Å². The zero-order valence-electron chi connectivity index (χ0n) is 16.3. The Balaban J connectivity index is 1.51. The average Bonchev–Trinajstić information content (AvgIpc) is 3.32. The Hall–Kier alpha value is -3.55. The van der Waals surface area contributed by atoms with E-state index >= 15 is 0 Å². The molecule has 5 rings (SSSR count). The summed E-state index contributed by atoms with van der Waals surface area (Å²) in [6.07, 6.45) is 10.3. The Kier molecular flexibility index (Phi) is 3.94. The summed E-state index contributed by atoms with van der Waals surface area (Å²) >= 11 is 0. The number of nitrogens with zero attached hydrogens (tertiary/aromatic N) is 6. The molecule has 1 aromatic carbocycles. The number of hydrogen-bond acceptors (Lipinski definition) is 7. The molecular weight excluding hydrogens is 366 g/mol. The first kappa shape index (κ1) is 17.5. The van der Waals surface area contributed by atoms with Crippen molar-refractivity contribution in [3.63, 3.8) is 0 Å². The topological polar surface area (TPSA) is 109 Å². The predicted molar refractivity (Wildman–Crippen MR) is 108 cm³/mol. The third-order valence-electron chi connectivity index (χ3n) is 5.76. The van der Waals surface area contributed by atoms with Gasteiger partial charge in [0.25, 0.3) is 5.89 Å². The van der Waals surface area contributed by atoms with Gasteiger partial charge in [0.1, 0.15) is 0 Å². The molecule has 0 aliphatic heterocycles. The number of hydrogen-bond donors (Lipinski definition) is 1. The highest BCUT2D eigenvalue weighted by Gasteiger charge is 2.45. The molecule has 1 saturated carbocycles. The molecule has 29 heavy (non-hydrogen) atoms. The van der Waals surface area contributed by atoms with E-state index in [1.807, 2.05) is 13.2 Å². The average molecular weight is 387 g/mol. The lowest BCUT2D eigenvalue weighted by Crippen LogP contribution is -2.37. The second-order valence-electron chi connectivity index (χ2n) is 7.62. The minimum Gasteiger partial charge on any atom is -0.368 e. The van der Waals surface area contributed by atoms with Crippen LogP contribution in [0.15, 0.2) is 47.5 Å². The minimum absolute atomic E-state index is 0.204. The Labute approximate surface area is 167 Å². The van der Waals surface area contributed by atoms with Crippen LogP contribution >= 0.6 is 0 Å². The molecule has 1 fully saturated rings. The van der Waals surface area contributed by atoms with Gasteiger partial charge in [0, 0.05) is 31.2 Å². The number of nitrogens with two attached hydrogens (primary N) is 1. The Morgan fingerprint density at radius 1 is 1.07 bits per heavy atom. The molecule has 146 valence electrons. The maximum absolute atomic E-state index is 5.60. The molecule has 4 aromatic rings. The molecule has 0 atom stereocenters. The fourth-order valence-electron chi connectivity index (χ4n) is 4.08. The molecule has 8 nitrogen and oxygen atoms in total. The van der Waals surface area contributed by atoms with Crippen molar-refractivity contribution in [1.82, 2.24) is 29.9 Å². The molecular formula is C21H21N7O. The second-order valence-corrected chi connectivity index (χ2v) is 7.62. The van der Waals surface area contributed by atoms with Crippen LogP contribution in [0, 0.1) is 6.92 Å². The highest BCUT2D eigenvalue weighted by Crippen LogP contribution is 2.49. The number of aromatic nitrogens is 6. The Morgan fingerprint density at radius 2 is 1.86 bits per heavy atom. The van der Waals surface area contributed by atoms with E-state index in [-0.39, 0.29) is 11.4 Å². The van der Waals surface area contributed by atoms with Crippen molar-refractivity contribution in [1.29, 1.82) is 0 Å². The van der Waals surface area contributed by atoms with Gasteiger partial charge in [-0.2, -0.15) is 10.1 Å². The van der Waals surface area contributed by atoms with Gasteiger partial charge in [0.05, 0.1) is 17.2 Å². The lowest BCUT2D eigenvalue weighted by Gasteiger charge is -2.40. The van der Waals surface area contributed by atoms with Crippen LogP contribution < -0.4 is 5.73 Å². The highest BCUT2D eigenvalue weighted by atomic mass is 16.5. The summed E-state index contributed by atoms with van der Waals surface area (Å²) in [6.45, 7) is 2.12. The fourth-order valence-corrected chi connectivity index (χ4v) is 4.08. The summed E-state index contributed by atoms with van der Waals surface area (Å²) in [4.78, 5) is 12.9. The molecule has 2 N–H and O–H groups in total. The summed E-state index contributed by atoms with van der Waals surface area (Å²) in [7, 11) is 1.87. The number of rotatable bonds is 4. The third kappa shape index (κ3) is 2.88. The maximum atomic E-state index is 5.60. The van der Waals surface area contributed by atoms with Gasteiger partial charge in [0.15, 0.2) is 5.82 Å². The van der Waals surface area contributed by atoms with E-state index in [0.717, 1.165) is 41.8 Å². The summed E-state index contributed by atoms with van der Waals surface area (Å²) in [5.41, 5.74) is 10.7. The minimum atomic E-state index is -0.204. The van der Waals surface area contributed by atoms with Gasteiger partial charge >= 0.3 is 0 Å².